The summed E-state index contributed by atoms with van der Waals surface area (Å²) < 4.78 is 4.56. The molecule has 0 spiro atoms. The minimum absolute atomic E-state index is 0.187. The van der Waals surface area contributed by atoms with E-state index in [9.17, 15) is 9.59 Å². The van der Waals surface area contributed by atoms with Crippen molar-refractivity contribution in [3.63, 3.8) is 0 Å². The van der Waals surface area contributed by atoms with E-state index in [1.165, 1.54) is 7.11 Å². The molecule has 4 heteroatoms. The van der Waals surface area contributed by atoms with Crippen LogP contribution in [0.3, 0.4) is 0 Å². The van der Waals surface area contributed by atoms with E-state index in [4.69, 9.17) is 0 Å². The van der Waals surface area contributed by atoms with Crippen LogP contribution in [0.4, 0.5) is 0 Å². The van der Waals surface area contributed by atoms with Crippen molar-refractivity contribution in [3.05, 3.63) is 0 Å². The van der Waals surface area contributed by atoms with Crippen molar-refractivity contribution in [3.8, 4) is 0 Å². The van der Waals surface area contributed by atoms with Crippen molar-refractivity contribution < 1.29 is 14.3 Å². The predicted octanol–water partition coefficient (Wildman–Crippen LogP) is 2.33. The molecule has 0 aliphatic heterocycles. The summed E-state index contributed by atoms with van der Waals surface area (Å²) >= 11 is 0. The van der Waals surface area contributed by atoms with E-state index in [-0.39, 0.29) is 5.97 Å². The summed E-state index contributed by atoms with van der Waals surface area (Å²) in [4.78, 5) is 22.6. The van der Waals surface area contributed by atoms with Gasteiger partial charge in [0, 0.05) is 12.8 Å². The van der Waals surface area contributed by atoms with Crippen molar-refractivity contribution in [1.29, 1.82) is 0 Å². The Bertz CT molecular complexity index is 224. The van der Waals surface area contributed by atoms with Gasteiger partial charge in [0.15, 0.2) is 5.12 Å². The van der Waals surface area contributed by atoms with Gasteiger partial charge in [-0.3, -0.25) is 9.59 Å². The summed E-state index contributed by atoms with van der Waals surface area (Å²) in [5.41, 5.74) is 0. The highest BCUT2D eigenvalue weighted by molar-refractivity contribution is 8.44. The van der Waals surface area contributed by atoms with Crippen LogP contribution in [0.2, 0.25) is 0 Å². The largest absolute Gasteiger partial charge is 0.469 e. The van der Waals surface area contributed by atoms with E-state index < -0.39 is 10.0 Å². The first-order valence-electron chi connectivity index (χ1n) is 5.24. The predicted molar refractivity (Wildman–Crippen MR) is 65.5 cm³/mol. The molecular weight excluding hydrogens is 212 g/mol. The average Bonchev–Trinajstić information content (AvgIpc) is 2.17. The maximum atomic E-state index is 11.7. The van der Waals surface area contributed by atoms with E-state index in [2.05, 4.69) is 4.74 Å². The molecule has 0 heterocycles. The van der Waals surface area contributed by atoms with Crippen molar-refractivity contribution in [2.75, 3.05) is 25.4 Å². The zero-order valence-corrected chi connectivity index (χ0v) is 11.0. The minimum Gasteiger partial charge on any atom is -0.469 e. The molecule has 0 aromatic heterocycles. The van der Waals surface area contributed by atoms with Gasteiger partial charge >= 0.3 is 5.97 Å². The Hall–Kier alpha value is -0.510. The van der Waals surface area contributed by atoms with Crippen LogP contribution in [0.25, 0.3) is 0 Å². The summed E-state index contributed by atoms with van der Waals surface area (Å²) in [6, 6.07) is 0. The van der Waals surface area contributed by atoms with Crippen LogP contribution in [0, 0.1) is 0 Å². The molecule has 0 saturated carbocycles. The molecule has 90 valence electrons. The molecule has 0 N–H and O–H groups in total. The maximum absolute atomic E-state index is 11.7. The van der Waals surface area contributed by atoms with E-state index in [0.717, 1.165) is 18.6 Å². The highest BCUT2D eigenvalue weighted by atomic mass is 32.3. The van der Waals surface area contributed by atoms with Gasteiger partial charge < -0.3 is 4.74 Å². The van der Waals surface area contributed by atoms with Gasteiger partial charge in [0.25, 0.3) is 0 Å². The molecule has 15 heavy (non-hydrogen) atoms. The Morgan fingerprint density at radius 3 is 2.27 bits per heavy atom. The SMILES string of the molecule is CCCC(=O)S(C)(C)CCCC(=O)OC. The van der Waals surface area contributed by atoms with E-state index in [1.54, 1.807) is 0 Å². The topological polar surface area (TPSA) is 43.4 Å². The van der Waals surface area contributed by atoms with Crippen LogP contribution in [0.15, 0.2) is 0 Å². The number of carbonyl (C=O) groups is 2. The summed E-state index contributed by atoms with van der Waals surface area (Å²) in [5.74, 6) is 0.647. The Balaban J connectivity index is 3.93. The van der Waals surface area contributed by atoms with E-state index in [1.807, 2.05) is 19.4 Å². The lowest BCUT2D eigenvalue weighted by Crippen LogP contribution is -2.14. The quantitative estimate of drug-likeness (QED) is 0.662. The summed E-state index contributed by atoms with van der Waals surface area (Å²) in [7, 11) is 0.218. The number of ether oxygens (including phenoxy) is 1. The number of methoxy groups -OCH3 is 1. The van der Waals surface area contributed by atoms with Crippen LogP contribution in [0.1, 0.15) is 32.6 Å². The second kappa shape index (κ2) is 6.88. The molecule has 0 fully saturated rings. The molecule has 3 nitrogen and oxygen atoms in total. The first kappa shape index (κ1) is 14.5. The zero-order valence-electron chi connectivity index (χ0n) is 10.2. The fourth-order valence-corrected chi connectivity index (χ4v) is 3.12. The fourth-order valence-electron chi connectivity index (χ4n) is 1.27. The summed E-state index contributed by atoms with van der Waals surface area (Å²) in [6.07, 6.45) is 6.81. The highest BCUT2D eigenvalue weighted by Gasteiger charge is 2.20. The monoisotopic (exact) mass is 234 g/mol. The van der Waals surface area contributed by atoms with E-state index >= 15 is 0 Å². The lowest BCUT2D eigenvalue weighted by atomic mass is 10.3. The van der Waals surface area contributed by atoms with Gasteiger partial charge in [0.2, 0.25) is 0 Å². The molecule has 0 amide bonds. The third-order valence-corrected chi connectivity index (χ3v) is 5.08. The Kier molecular flexibility index (Phi) is 6.65. The van der Waals surface area contributed by atoms with Crippen LogP contribution >= 0.6 is 10.0 Å². The molecule has 0 aromatic rings. The van der Waals surface area contributed by atoms with Gasteiger partial charge in [-0.05, 0) is 31.1 Å². The number of esters is 1. The number of hydrogen-bond donors (Lipinski definition) is 0. The van der Waals surface area contributed by atoms with E-state index in [0.29, 0.717) is 18.0 Å². The van der Waals surface area contributed by atoms with Crippen LogP contribution in [-0.4, -0.2) is 36.5 Å². The number of hydrogen-bond acceptors (Lipinski definition) is 3. The number of carbonyl (C=O) groups excluding carboxylic acids is 2. The third-order valence-electron chi connectivity index (χ3n) is 2.33. The Morgan fingerprint density at radius 2 is 1.80 bits per heavy atom. The van der Waals surface area contributed by atoms with Crippen LogP contribution in [0.5, 0.6) is 0 Å². The number of rotatable bonds is 6. The average molecular weight is 234 g/mol. The molecule has 0 aliphatic rings. The minimum atomic E-state index is -1.17. The lowest BCUT2D eigenvalue weighted by Gasteiger charge is -2.28. The molecule has 0 aromatic carbocycles. The lowest BCUT2D eigenvalue weighted by molar-refractivity contribution is -0.140. The Labute approximate surface area is 93.9 Å². The second-order valence-corrected chi connectivity index (χ2v) is 7.98. The van der Waals surface area contributed by atoms with Crippen molar-refractivity contribution in [2.24, 2.45) is 0 Å². The zero-order chi connectivity index (χ0) is 11.9. The molecule has 0 atom stereocenters. The molecule has 0 saturated heterocycles. The Morgan fingerprint density at radius 1 is 1.20 bits per heavy atom. The molecular formula is C11H22O3S. The summed E-state index contributed by atoms with van der Waals surface area (Å²) in [6.45, 7) is 2.02. The molecule has 0 radical (unpaired) electrons. The van der Waals surface area contributed by atoms with Gasteiger partial charge in [-0.25, -0.2) is 0 Å². The van der Waals surface area contributed by atoms with Gasteiger partial charge in [0.05, 0.1) is 7.11 Å². The second-order valence-electron chi connectivity index (χ2n) is 4.04. The normalized spacial score (nSPS) is 12.3. The van der Waals surface area contributed by atoms with Crippen molar-refractivity contribution in [1.82, 2.24) is 0 Å². The van der Waals surface area contributed by atoms with Crippen LogP contribution < -0.4 is 0 Å². The first-order chi connectivity index (χ1) is 6.94. The maximum Gasteiger partial charge on any atom is 0.305 e. The molecule has 0 bridgehead atoms. The van der Waals surface area contributed by atoms with Crippen molar-refractivity contribution >= 4 is 21.1 Å². The van der Waals surface area contributed by atoms with Gasteiger partial charge in [-0.1, -0.05) is 6.92 Å². The molecule has 0 aliphatic carbocycles. The van der Waals surface area contributed by atoms with Crippen LogP contribution in [-0.2, 0) is 14.3 Å². The molecule has 0 unspecified atom stereocenters. The molecule has 0 rings (SSSR count). The third kappa shape index (κ3) is 5.82. The van der Waals surface area contributed by atoms with Crippen molar-refractivity contribution in [2.45, 2.75) is 32.6 Å². The standard InChI is InChI=1S/C11H22O3S/c1-5-7-11(13)15(3,4)9-6-8-10(12)14-2/h5-9H2,1-4H3. The highest BCUT2D eigenvalue weighted by Crippen LogP contribution is 2.42. The summed E-state index contributed by atoms with van der Waals surface area (Å²) in [5, 5.41) is 0.370. The first-order valence-corrected chi connectivity index (χ1v) is 7.86. The smallest absolute Gasteiger partial charge is 0.305 e. The van der Waals surface area contributed by atoms with Gasteiger partial charge in [-0.2, -0.15) is 10.0 Å². The van der Waals surface area contributed by atoms with Gasteiger partial charge in [-0.15, -0.1) is 0 Å². The van der Waals surface area contributed by atoms with Gasteiger partial charge in [0.1, 0.15) is 0 Å². The fraction of sp³-hybridized carbons (Fsp3) is 0.818.